The van der Waals surface area contributed by atoms with E-state index in [1.54, 1.807) is 18.2 Å². The van der Waals surface area contributed by atoms with E-state index in [9.17, 15) is 9.90 Å². The highest BCUT2D eigenvalue weighted by Crippen LogP contribution is 2.23. The lowest BCUT2D eigenvalue weighted by atomic mass is 10.1. The second-order valence-electron chi connectivity index (χ2n) is 4.28. The monoisotopic (exact) mass is 256 g/mol. The SMILES string of the molecule is CCc1ccc(C(=O)Nc2ccc(O)c(N)c2)cc1. The van der Waals surface area contributed by atoms with Crippen molar-refractivity contribution >= 4 is 17.3 Å². The zero-order valence-corrected chi connectivity index (χ0v) is 10.7. The Hall–Kier alpha value is -2.49. The van der Waals surface area contributed by atoms with E-state index in [1.807, 2.05) is 12.1 Å². The first-order valence-electron chi connectivity index (χ1n) is 6.09. The molecular weight excluding hydrogens is 240 g/mol. The van der Waals surface area contributed by atoms with Gasteiger partial charge >= 0.3 is 0 Å². The highest BCUT2D eigenvalue weighted by molar-refractivity contribution is 6.04. The van der Waals surface area contributed by atoms with Crippen LogP contribution in [0.25, 0.3) is 0 Å². The molecule has 4 nitrogen and oxygen atoms in total. The third-order valence-corrected chi connectivity index (χ3v) is 2.91. The minimum absolute atomic E-state index is 0.00491. The van der Waals surface area contributed by atoms with Crippen LogP contribution in [-0.4, -0.2) is 11.0 Å². The Morgan fingerprint density at radius 1 is 1.21 bits per heavy atom. The molecule has 0 saturated carbocycles. The average Bonchev–Trinajstić information content (AvgIpc) is 2.43. The van der Waals surface area contributed by atoms with E-state index in [0.29, 0.717) is 11.3 Å². The number of phenolic OH excluding ortho intramolecular Hbond substituents is 1. The lowest BCUT2D eigenvalue weighted by Crippen LogP contribution is -2.11. The Morgan fingerprint density at radius 2 is 1.89 bits per heavy atom. The molecule has 0 heterocycles. The highest BCUT2D eigenvalue weighted by Gasteiger charge is 2.07. The lowest BCUT2D eigenvalue weighted by Gasteiger charge is -2.07. The maximum atomic E-state index is 12.0. The normalized spacial score (nSPS) is 10.2. The number of nitrogen functional groups attached to an aromatic ring is 1. The summed E-state index contributed by atoms with van der Waals surface area (Å²) in [5.41, 5.74) is 8.13. The summed E-state index contributed by atoms with van der Waals surface area (Å²) in [5, 5.41) is 12.0. The molecule has 0 aliphatic rings. The molecule has 0 aliphatic heterocycles. The van der Waals surface area contributed by atoms with E-state index in [0.717, 1.165) is 6.42 Å². The molecule has 0 aliphatic carbocycles. The summed E-state index contributed by atoms with van der Waals surface area (Å²) < 4.78 is 0. The molecule has 0 radical (unpaired) electrons. The molecule has 2 rings (SSSR count). The molecule has 2 aromatic carbocycles. The number of nitrogens with two attached hydrogens (primary N) is 1. The fourth-order valence-electron chi connectivity index (χ4n) is 1.73. The van der Waals surface area contributed by atoms with Crippen molar-refractivity contribution in [3.8, 4) is 5.75 Å². The molecule has 2 aromatic rings. The first-order chi connectivity index (χ1) is 9.10. The van der Waals surface area contributed by atoms with Crippen LogP contribution in [0.3, 0.4) is 0 Å². The third-order valence-electron chi connectivity index (χ3n) is 2.91. The molecule has 0 atom stereocenters. The van der Waals surface area contributed by atoms with Gasteiger partial charge in [0.1, 0.15) is 5.75 Å². The molecule has 0 unspecified atom stereocenters. The van der Waals surface area contributed by atoms with Crippen molar-refractivity contribution in [1.29, 1.82) is 0 Å². The van der Waals surface area contributed by atoms with Crippen LogP contribution < -0.4 is 11.1 Å². The molecule has 4 heteroatoms. The molecule has 19 heavy (non-hydrogen) atoms. The predicted molar refractivity (Wildman–Crippen MR) is 76.3 cm³/mol. The topological polar surface area (TPSA) is 75.3 Å². The van der Waals surface area contributed by atoms with Crippen LogP contribution in [0.4, 0.5) is 11.4 Å². The summed E-state index contributed by atoms with van der Waals surface area (Å²) in [6, 6.07) is 12.0. The van der Waals surface area contributed by atoms with Crippen LogP contribution in [-0.2, 0) is 6.42 Å². The van der Waals surface area contributed by atoms with Gasteiger partial charge in [0.05, 0.1) is 5.69 Å². The molecule has 1 amide bonds. The molecule has 0 aromatic heterocycles. The van der Waals surface area contributed by atoms with E-state index in [4.69, 9.17) is 5.73 Å². The lowest BCUT2D eigenvalue weighted by molar-refractivity contribution is 0.102. The van der Waals surface area contributed by atoms with Gasteiger partial charge in [-0.2, -0.15) is 0 Å². The Labute approximate surface area is 111 Å². The maximum Gasteiger partial charge on any atom is 0.255 e. The molecule has 0 bridgehead atoms. The van der Waals surface area contributed by atoms with Crippen LogP contribution in [0.1, 0.15) is 22.8 Å². The van der Waals surface area contributed by atoms with Gasteiger partial charge in [-0.3, -0.25) is 4.79 Å². The molecule has 0 fully saturated rings. The Kier molecular flexibility index (Phi) is 3.71. The van der Waals surface area contributed by atoms with Crippen molar-refractivity contribution in [2.75, 3.05) is 11.1 Å². The van der Waals surface area contributed by atoms with Crippen LogP contribution in [0.15, 0.2) is 42.5 Å². The second-order valence-corrected chi connectivity index (χ2v) is 4.28. The predicted octanol–water partition coefficient (Wildman–Crippen LogP) is 2.79. The largest absolute Gasteiger partial charge is 0.506 e. The molecule has 4 N–H and O–H groups in total. The minimum atomic E-state index is -0.201. The zero-order valence-electron chi connectivity index (χ0n) is 10.7. The number of hydrogen-bond acceptors (Lipinski definition) is 3. The van der Waals surface area contributed by atoms with E-state index in [2.05, 4.69) is 12.2 Å². The van der Waals surface area contributed by atoms with Crippen LogP contribution in [0, 0.1) is 0 Å². The van der Waals surface area contributed by atoms with Crippen LogP contribution >= 0.6 is 0 Å². The number of nitrogens with one attached hydrogen (secondary N) is 1. The van der Waals surface area contributed by atoms with E-state index < -0.39 is 0 Å². The first kappa shape index (κ1) is 13.0. The number of hydrogen-bond donors (Lipinski definition) is 3. The summed E-state index contributed by atoms with van der Waals surface area (Å²) in [5.74, 6) is -0.196. The molecular formula is C15H16N2O2. The van der Waals surface area contributed by atoms with Gasteiger partial charge in [-0.25, -0.2) is 0 Å². The van der Waals surface area contributed by atoms with Crippen molar-refractivity contribution in [2.24, 2.45) is 0 Å². The number of aryl methyl sites for hydroxylation is 1. The fraction of sp³-hybridized carbons (Fsp3) is 0.133. The number of rotatable bonds is 3. The Bertz CT molecular complexity index is 592. The van der Waals surface area contributed by atoms with Crippen molar-refractivity contribution in [3.05, 3.63) is 53.6 Å². The van der Waals surface area contributed by atoms with Crippen molar-refractivity contribution in [2.45, 2.75) is 13.3 Å². The summed E-state index contributed by atoms with van der Waals surface area (Å²) in [6.07, 6.45) is 0.941. The number of benzene rings is 2. The van der Waals surface area contributed by atoms with Gasteiger partial charge in [0.2, 0.25) is 0 Å². The van der Waals surface area contributed by atoms with Crippen molar-refractivity contribution in [1.82, 2.24) is 0 Å². The summed E-state index contributed by atoms with van der Waals surface area (Å²) in [7, 11) is 0. The maximum absolute atomic E-state index is 12.0. The zero-order chi connectivity index (χ0) is 13.8. The number of carbonyl (C=O) groups is 1. The summed E-state index contributed by atoms with van der Waals surface area (Å²) in [4.78, 5) is 12.0. The van der Waals surface area contributed by atoms with Crippen molar-refractivity contribution < 1.29 is 9.90 Å². The standard InChI is InChI=1S/C15H16N2O2/c1-2-10-3-5-11(6-4-10)15(19)17-12-7-8-14(18)13(16)9-12/h3-9,18H,2,16H2,1H3,(H,17,19). The van der Waals surface area contributed by atoms with Gasteiger partial charge in [-0.15, -0.1) is 0 Å². The van der Waals surface area contributed by atoms with Gasteiger partial charge in [0.25, 0.3) is 5.91 Å². The van der Waals surface area contributed by atoms with Crippen LogP contribution in [0.2, 0.25) is 0 Å². The van der Waals surface area contributed by atoms with Crippen LogP contribution in [0.5, 0.6) is 5.75 Å². The average molecular weight is 256 g/mol. The molecule has 0 spiro atoms. The van der Waals surface area contributed by atoms with E-state index in [-0.39, 0.29) is 17.3 Å². The number of amides is 1. The third kappa shape index (κ3) is 3.04. The quantitative estimate of drug-likeness (QED) is 0.449. The number of phenols is 1. The van der Waals surface area contributed by atoms with Gasteiger partial charge in [-0.05, 0) is 42.3 Å². The van der Waals surface area contributed by atoms with Gasteiger partial charge in [-0.1, -0.05) is 19.1 Å². The minimum Gasteiger partial charge on any atom is -0.506 e. The Balaban J connectivity index is 2.13. The summed E-state index contributed by atoms with van der Waals surface area (Å²) >= 11 is 0. The van der Waals surface area contributed by atoms with Gasteiger partial charge in [0.15, 0.2) is 0 Å². The van der Waals surface area contributed by atoms with E-state index in [1.165, 1.54) is 17.7 Å². The Morgan fingerprint density at radius 3 is 2.47 bits per heavy atom. The number of aromatic hydroxyl groups is 1. The van der Waals surface area contributed by atoms with Gasteiger partial charge in [0, 0.05) is 11.3 Å². The first-order valence-corrected chi connectivity index (χ1v) is 6.09. The van der Waals surface area contributed by atoms with Gasteiger partial charge < -0.3 is 16.2 Å². The second kappa shape index (κ2) is 5.44. The number of carbonyl (C=O) groups excluding carboxylic acids is 1. The van der Waals surface area contributed by atoms with Crippen molar-refractivity contribution in [3.63, 3.8) is 0 Å². The fourth-order valence-corrected chi connectivity index (χ4v) is 1.73. The smallest absolute Gasteiger partial charge is 0.255 e. The van der Waals surface area contributed by atoms with E-state index >= 15 is 0 Å². The molecule has 98 valence electrons. The summed E-state index contributed by atoms with van der Waals surface area (Å²) in [6.45, 7) is 2.06. The highest BCUT2D eigenvalue weighted by atomic mass is 16.3. The molecule has 0 saturated heterocycles. The number of anilines is 2.